The van der Waals surface area contributed by atoms with E-state index < -0.39 is 5.91 Å². The SMILES string of the molecule is Cc1nccnc1N(CC(N)=O)Cc1cccc(N)c1. The number of amides is 1. The van der Waals surface area contributed by atoms with Gasteiger partial charge in [-0.05, 0) is 24.6 Å². The van der Waals surface area contributed by atoms with Crippen molar-refractivity contribution in [2.24, 2.45) is 5.73 Å². The molecule has 4 N–H and O–H groups in total. The van der Waals surface area contributed by atoms with Gasteiger partial charge in [-0.2, -0.15) is 0 Å². The summed E-state index contributed by atoms with van der Waals surface area (Å²) in [5.41, 5.74) is 13.5. The van der Waals surface area contributed by atoms with Crippen molar-refractivity contribution in [3.63, 3.8) is 0 Å². The van der Waals surface area contributed by atoms with Crippen molar-refractivity contribution >= 4 is 17.4 Å². The van der Waals surface area contributed by atoms with Gasteiger partial charge in [0.2, 0.25) is 5.91 Å². The van der Waals surface area contributed by atoms with Crippen molar-refractivity contribution in [1.82, 2.24) is 9.97 Å². The molecule has 20 heavy (non-hydrogen) atoms. The molecule has 1 aromatic carbocycles. The van der Waals surface area contributed by atoms with E-state index >= 15 is 0 Å². The van der Waals surface area contributed by atoms with E-state index in [0.717, 1.165) is 11.3 Å². The Morgan fingerprint density at radius 2 is 2.05 bits per heavy atom. The zero-order valence-electron chi connectivity index (χ0n) is 11.3. The number of carbonyl (C=O) groups is 1. The molecular weight excluding hydrogens is 254 g/mol. The molecule has 0 unspecified atom stereocenters. The minimum atomic E-state index is -0.418. The van der Waals surface area contributed by atoms with Crippen LogP contribution in [-0.2, 0) is 11.3 Å². The van der Waals surface area contributed by atoms with Gasteiger partial charge >= 0.3 is 0 Å². The second-order valence-corrected chi connectivity index (χ2v) is 4.53. The molecule has 0 aliphatic carbocycles. The summed E-state index contributed by atoms with van der Waals surface area (Å²) in [7, 11) is 0. The third kappa shape index (κ3) is 3.44. The van der Waals surface area contributed by atoms with Crippen molar-refractivity contribution in [2.75, 3.05) is 17.2 Å². The van der Waals surface area contributed by atoms with Crippen LogP contribution >= 0.6 is 0 Å². The standard InChI is InChI=1S/C14H17N5O/c1-10-14(18-6-5-17-10)19(9-13(16)20)8-11-3-2-4-12(15)7-11/h2-7H,8-9,15H2,1H3,(H2,16,20). The number of aromatic nitrogens is 2. The molecule has 0 radical (unpaired) electrons. The van der Waals surface area contributed by atoms with Crippen LogP contribution in [0.25, 0.3) is 0 Å². The van der Waals surface area contributed by atoms with Gasteiger partial charge in [0, 0.05) is 24.6 Å². The van der Waals surface area contributed by atoms with E-state index in [1.54, 1.807) is 17.3 Å². The first-order chi connectivity index (χ1) is 9.56. The summed E-state index contributed by atoms with van der Waals surface area (Å²) in [6.07, 6.45) is 3.21. The average molecular weight is 271 g/mol. The van der Waals surface area contributed by atoms with E-state index in [1.807, 2.05) is 31.2 Å². The summed E-state index contributed by atoms with van der Waals surface area (Å²) >= 11 is 0. The molecule has 0 aliphatic rings. The Morgan fingerprint density at radius 3 is 2.70 bits per heavy atom. The molecule has 0 spiro atoms. The first kappa shape index (κ1) is 13.8. The fourth-order valence-electron chi connectivity index (χ4n) is 2.02. The number of nitrogens with two attached hydrogens (primary N) is 2. The van der Waals surface area contributed by atoms with Gasteiger partial charge in [0.25, 0.3) is 0 Å². The van der Waals surface area contributed by atoms with E-state index in [1.165, 1.54) is 0 Å². The van der Waals surface area contributed by atoms with Crippen LogP contribution < -0.4 is 16.4 Å². The van der Waals surface area contributed by atoms with Crippen molar-refractivity contribution in [3.05, 3.63) is 47.9 Å². The summed E-state index contributed by atoms with van der Waals surface area (Å²) in [6.45, 7) is 2.41. The molecule has 6 heteroatoms. The van der Waals surface area contributed by atoms with Gasteiger partial charge in [0.1, 0.15) is 0 Å². The van der Waals surface area contributed by atoms with Crippen LogP contribution in [0.5, 0.6) is 0 Å². The molecule has 0 saturated heterocycles. The Morgan fingerprint density at radius 1 is 1.30 bits per heavy atom. The van der Waals surface area contributed by atoms with Gasteiger partial charge in [0.05, 0.1) is 12.2 Å². The molecule has 6 nitrogen and oxygen atoms in total. The highest BCUT2D eigenvalue weighted by atomic mass is 16.1. The van der Waals surface area contributed by atoms with Crippen LogP contribution in [0.15, 0.2) is 36.7 Å². The van der Waals surface area contributed by atoms with E-state index in [4.69, 9.17) is 11.5 Å². The number of aryl methyl sites for hydroxylation is 1. The second-order valence-electron chi connectivity index (χ2n) is 4.53. The van der Waals surface area contributed by atoms with Crippen molar-refractivity contribution < 1.29 is 4.79 Å². The molecule has 1 aromatic heterocycles. The quantitative estimate of drug-likeness (QED) is 0.786. The minimum absolute atomic E-state index is 0.0777. The smallest absolute Gasteiger partial charge is 0.237 e. The number of nitrogens with zero attached hydrogens (tertiary/aromatic N) is 3. The Hall–Kier alpha value is -2.63. The van der Waals surface area contributed by atoms with Gasteiger partial charge < -0.3 is 16.4 Å². The van der Waals surface area contributed by atoms with Crippen molar-refractivity contribution in [3.8, 4) is 0 Å². The predicted octanol–water partition coefficient (Wildman–Crippen LogP) is 0.859. The Kier molecular flexibility index (Phi) is 4.14. The molecule has 104 valence electrons. The molecule has 1 heterocycles. The zero-order chi connectivity index (χ0) is 14.5. The van der Waals surface area contributed by atoms with Gasteiger partial charge in [0.15, 0.2) is 5.82 Å². The lowest BCUT2D eigenvalue weighted by Gasteiger charge is -2.23. The first-order valence-electron chi connectivity index (χ1n) is 6.21. The largest absolute Gasteiger partial charge is 0.399 e. The van der Waals surface area contributed by atoms with Gasteiger partial charge in [-0.3, -0.25) is 9.78 Å². The molecule has 0 fully saturated rings. The van der Waals surface area contributed by atoms with Gasteiger partial charge in [-0.1, -0.05) is 12.1 Å². The van der Waals surface area contributed by atoms with E-state index in [0.29, 0.717) is 18.1 Å². The average Bonchev–Trinajstić information content (AvgIpc) is 2.38. The van der Waals surface area contributed by atoms with Crippen molar-refractivity contribution in [2.45, 2.75) is 13.5 Å². The van der Waals surface area contributed by atoms with Crippen LogP contribution in [0.4, 0.5) is 11.5 Å². The molecule has 0 bridgehead atoms. The Balaban J connectivity index is 2.29. The summed E-state index contributed by atoms with van der Waals surface area (Å²) in [6, 6.07) is 7.49. The maximum atomic E-state index is 11.3. The lowest BCUT2D eigenvalue weighted by atomic mass is 10.2. The lowest BCUT2D eigenvalue weighted by molar-refractivity contribution is -0.116. The number of nitrogen functional groups attached to an aromatic ring is 1. The highest BCUT2D eigenvalue weighted by Crippen LogP contribution is 2.17. The summed E-state index contributed by atoms with van der Waals surface area (Å²) in [5.74, 6) is 0.229. The van der Waals surface area contributed by atoms with Crippen LogP contribution in [-0.4, -0.2) is 22.4 Å². The highest BCUT2D eigenvalue weighted by Gasteiger charge is 2.14. The van der Waals surface area contributed by atoms with Gasteiger partial charge in [-0.15, -0.1) is 0 Å². The lowest BCUT2D eigenvalue weighted by Crippen LogP contribution is -2.34. The molecule has 2 aromatic rings. The second kappa shape index (κ2) is 6.01. The molecule has 0 aliphatic heterocycles. The molecule has 0 atom stereocenters. The normalized spacial score (nSPS) is 10.2. The maximum absolute atomic E-state index is 11.3. The summed E-state index contributed by atoms with van der Waals surface area (Å²) < 4.78 is 0. The van der Waals surface area contributed by atoms with Crippen LogP contribution in [0.3, 0.4) is 0 Å². The highest BCUT2D eigenvalue weighted by molar-refractivity contribution is 5.79. The third-order valence-corrected chi connectivity index (χ3v) is 2.83. The number of carbonyl (C=O) groups excluding carboxylic acids is 1. The number of primary amides is 1. The van der Waals surface area contributed by atoms with Crippen LogP contribution in [0.2, 0.25) is 0 Å². The molecular formula is C14H17N5O. The van der Waals surface area contributed by atoms with E-state index in [2.05, 4.69) is 9.97 Å². The predicted molar refractivity (Wildman–Crippen MR) is 77.9 cm³/mol. The molecule has 1 amide bonds. The number of rotatable bonds is 5. The van der Waals surface area contributed by atoms with Crippen LogP contribution in [0.1, 0.15) is 11.3 Å². The minimum Gasteiger partial charge on any atom is -0.399 e. The van der Waals surface area contributed by atoms with E-state index in [-0.39, 0.29) is 6.54 Å². The number of hydrogen-bond donors (Lipinski definition) is 2. The number of hydrogen-bond acceptors (Lipinski definition) is 5. The Labute approximate surface area is 117 Å². The monoisotopic (exact) mass is 271 g/mol. The number of anilines is 2. The fourth-order valence-corrected chi connectivity index (χ4v) is 2.02. The van der Waals surface area contributed by atoms with E-state index in [9.17, 15) is 4.79 Å². The summed E-state index contributed by atoms with van der Waals surface area (Å²) in [4.78, 5) is 21.5. The topological polar surface area (TPSA) is 98.1 Å². The van der Waals surface area contributed by atoms with Crippen molar-refractivity contribution in [1.29, 1.82) is 0 Å². The van der Waals surface area contributed by atoms with Gasteiger partial charge in [-0.25, -0.2) is 4.98 Å². The zero-order valence-corrected chi connectivity index (χ0v) is 11.3. The molecule has 0 saturated carbocycles. The first-order valence-corrected chi connectivity index (χ1v) is 6.21. The maximum Gasteiger partial charge on any atom is 0.237 e. The fraction of sp³-hybridized carbons (Fsp3) is 0.214. The summed E-state index contributed by atoms with van der Waals surface area (Å²) in [5, 5.41) is 0. The third-order valence-electron chi connectivity index (χ3n) is 2.83. The van der Waals surface area contributed by atoms with Crippen LogP contribution in [0, 0.1) is 6.92 Å². The number of benzene rings is 1. The molecule has 2 rings (SSSR count). The Bertz CT molecular complexity index is 614.